The van der Waals surface area contributed by atoms with Crippen molar-refractivity contribution in [3.8, 4) is 22.5 Å². The Morgan fingerprint density at radius 1 is 1.21 bits per heavy atom. The van der Waals surface area contributed by atoms with Crippen LogP contribution in [-0.2, 0) is 54.6 Å². The van der Waals surface area contributed by atoms with Crippen LogP contribution in [0.4, 0.5) is 0 Å². The molecule has 2 fully saturated rings. The van der Waals surface area contributed by atoms with Gasteiger partial charge in [-0.25, -0.2) is 10.4 Å². The fourth-order valence-corrected chi connectivity index (χ4v) is 10.1. The minimum absolute atomic E-state index is 0.0702. The molecule has 3 aliphatic rings. The lowest BCUT2D eigenvalue weighted by molar-refractivity contribution is -0.732. The first kappa shape index (κ1) is 45.5. The third-order valence-corrected chi connectivity index (χ3v) is 13.2. The standard InChI is InChI=1S/C46H59N9O7S/c1-9-40(56)52-20-17-30(24-52)55(60)51(7)41(28(3)4)43(57)49-35-22-39-48-37(26-63-39)29-15-16-38-32(21-29)33(42(53(38)10-2)31-13-11-18-47-36(31)25-61-8)23-46(5,6)27-62-45(59)34-14-12-19-54(50-34)44(35)58/h9,11,13,15-16,18,21,26,28,30,34-35,41,50H,1,10,12,14,17,19-20,22-25,27H2,2-8H3/p+1/t30-,34-,35-,41-/m0/s1. The molecule has 0 unspecified atom stereocenters. The normalized spacial score (nSPS) is 20.9. The van der Waals surface area contributed by atoms with Gasteiger partial charge in [-0.05, 0) is 68.0 Å². The lowest BCUT2D eigenvalue weighted by Gasteiger charge is -2.36. The molecule has 0 radical (unpaired) electrons. The second kappa shape index (κ2) is 19.1. The maximum atomic E-state index is 14.6. The maximum Gasteiger partial charge on any atom is 0.324 e. The summed E-state index contributed by atoms with van der Waals surface area (Å²) in [6, 6.07) is 6.99. The monoisotopic (exact) mass is 882 g/mol. The predicted molar refractivity (Wildman–Crippen MR) is 240 cm³/mol. The van der Waals surface area contributed by atoms with Crippen molar-refractivity contribution in [2.24, 2.45) is 11.3 Å². The highest BCUT2D eigenvalue weighted by Crippen LogP contribution is 2.41. The number of nitrogens with zero attached hydrogens (tertiary/aromatic N) is 7. The molecule has 63 heavy (non-hydrogen) atoms. The molecular formula is C46H60N9O7S+. The van der Waals surface area contributed by atoms with E-state index in [9.17, 15) is 24.1 Å². The molecule has 4 atom stereocenters. The van der Waals surface area contributed by atoms with Crippen LogP contribution >= 0.6 is 11.3 Å². The van der Waals surface area contributed by atoms with E-state index >= 15 is 0 Å². The first-order valence-corrected chi connectivity index (χ1v) is 22.7. The Hall–Kier alpha value is -5.52. The molecule has 6 heterocycles. The number of methoxy groups -OCH3 is 1. The summed E-state index contributed by atoms with van der Waals surface area (Å²) in [7, 11) is 3.23. The molecule has 336 valence electrons. The number of hydrazine groups is 2. The van der Waals surface area contributed by atoms with E-state index in [4.69, 9.17) is 19.4 Å². The molecule has 16 nitrogen and oxygen atoms in total. The number of esters is 1. The van der Waals surface area contributed by atoms with Crippen LogP contribution < -0.4 is 10.7 Å². The van der Waals surface area contributed by atoms with E-state index < -0.39 is 47.4 Å². The fraction of sp³-hybridized carbons (Fsp3) is 0.522. The summed E-state index contributed by atoms with van der Waals surface area (Å²) >= 11 is 1.40. The van der Waals surface area contributed by atoms with Gasteiger partial charge in [0.2, 0.25) is 11.8 Å². The van der Waals surface area contributed by atoms with Gasteiger partial charge in [0.15, 0.2) is 6.04 Å². The van der Waals surface area contributed by atoms with Gasteiger partial charge in [0.25, 0.3) is 11.9 Å². The number of benzene rings is 1. The minimum atomic E-state index is -1.09. The molecule has 0 spiro atoms. The molecule has 2 N–H and O–H groups in total. The molecule has 17 heteroatoms. The van der Waals surface area contributed by atoms with Crippen molar-refractivity contribution in [2.75, 3.05) is 40.4 Å². The third kappa shape index (κ3) is 9.55. The summed E-state index contributed by atoms with van der Waals surface area (Å²) in [4.78, 5) is 80.9. The van der Waals surface area contributed by atoms with E-state index in [0.717, 1.165) is 49.5 Å². The highest BCUT2D eigenvalue weighted by atomic mass is 32.1. The van der Waals surface area contributed by atoms with Crippen molar-refractivity contribution in [3.05, 3.63) is 75.7 Å². The number of cyclic esters (lactones) is 1. The second-order valence-corrected chi connectivity index (χ2v) is 18.8. The number of amides is 3. The van der Waals surface area contributed by atoms with Crippen molar-refractivity contribution in [2.45, 2.75) is 104 Å². The summed E-state index contributed by atoms with van der Waals surface area (Å²) < 4.78 is 14.0. The SMILES string of the molecule is C=CC(=O)N1CC[C@H]([N+](=O)N(C)[C@H](C(=O)N[C@H]2Cc3nc(cs3)-c3ccc4c(c3)c(c(-c3cccnc3COC)n4CC)CC(C)(C)COC(=O)[C@@H]3CCCN(N3)C2=O)C(C)C)C1. The first-order valence-electron chi connectivity index (χ1n) is 21.8. The fourth-order valence-electron chi connectivity index (χ4n) is 9.21. The number of nitrogens with one attached hydrogen (secondary N) is 2. The smallest absolute Gasteiger partial charge is 0.324 e. The number of aromatic nitrogens is 3. The Balaban J connectivity index is 1.26. The number of likely N-dealkylation sites (tertiary alicyclic amines) is 1. The van der Waals surface area contributed by atoms with Crippen molar-refractivity contribution in [1.82, 2.24) is 40.2 Å². The molecule has 2 saturated heterocycles. The highest BCUT2D eigenvalue weighted by molar-refractivity contribution is 7.10. The van der Waals surface area contributed by atoms with E-state index in [1.165, 1.54) is 27.4 Å². The summed E-state index contributed by atoms with van der Waals surface area (Å²) in [5, 5.41) is 9.41. The predicted octanol–water partition coefficient (Wildman–Crippen LogP) is 5.08. The first-order chi connectivity index (χ1) is 30.1. The number of pyridine rings is 1. The van der Waals surface area contributed by atoms with Crippen LogP contribution in [0.25, 0.3) is 33.4 Å². The van der Waals surface area contributed by atoms with Crippen molar-refractivity contribution in [3.63, 3.8) is 0 Å². The largest absolute Gasteiger partial charge is 0.464 e. The Kier molecular flexibility index (Phi) is 13.8. The zero-order valence-corrected chi connectivity index (χ0v) is 38.2. The number of carbonyl (C=O) groups is 4. The molecule has 4 aromatic rings. The van der Waals surface area contributed by atoms with Gasteiger partial charge < -0.3 is 24.3 Å². The van der Waals surface area contributed by atoms with Crippen molar-refractivity contribution >= 4 is 45.9 Å². The molecular weight excluding hydrogens is 823 g/mol. The van der Waals surface area contributed by atoms with E-state index in [1.54, 1.807) is 25.3 Å². The zero-order chi connectivity index (χ0) is 45.2. The highest BCUT2D eigenvalue weighted by Gasteiger charge is 2.44. The quantitative estimate of drug-likeness (QED) is 0.0892. The molecule has 3 aromatic heterocycles. The van der Waals surface area contributed by atoms with Gasteiger partial charge in [0, 0.05) is 78.6 Å². The number of aryl methyl sites for hydroxylation is 1. The van der Waals surface area contributed by atoms with Gasteiger partial charge in [-0.3, -0.25) is 29.2 Å². The Morgan fingerprint density at radius 3 is 2.73 bits per heavy atom. The van der Waals surface area contributed by atoms with Crippen LogP contribution in [0.1, 0.15) is 70.1 Å². The van der Waals surface area contributed by atoms with Crippen LogP contribution in [-0.4, -0.2) is 123 Å². The third-order valence-electron chi connectivity index (χ3n) is 12.3. The van der Waals surface area contributed by atoms with Crippen LogP contribution in [0, 0.1) is 16.2 Å². The number of nitroso groups, excluding NO2 is 1. The summed E-state index contributed by atoms with van der Waals surface area (Å²) in [6.45, 7) is 15.6. The number of carbonyl (C=O) groups excluding carboxylic acids is 4. The average molecular weight is 883 g/mol. The number of fused-ring (bicyclic) bond motifs is 6. The van der Waals surface area contributed by atoms with Gasteiger partial charge >= 0.3 is 5.97 Å². The summed E-state index contributed by atoms with van der Waals surface area (Å²) in [6.07, 6.45) is 5.10. The van der Waals surface area contributed by atoms with Crippen LogP contribution in [0.15, 0.2) is 54.6 Å². The van der Waals surface area contributed by atoms with E-state index in [-0.39, 0.29) is 31.4 Å². The number of rotatable bonds is 11. The van der Waals surface area contributed by atoms with Gasteiger partial charge in [-0.15, -0.1) is 16.3 Å². The topological polar surface area (TPSA) is 171 Å². The summed E-state index contributed by atoms with van der Waals surface area (Å²) in [5.41, 5.74) is 9.24. The molecule has 1 aromatic carbocycles. The zero-order valence-electron chi connectivity index (χ0n) is 37.4. The van der Waals surface area contributed by atoms with E-state index in [2.05, 4.69) is 66.9 Å². The Bertz CT molecular complexity index is 2390. The van der Waals surface area contributed by atoms with Crippen LogP contribution in [0.2, 0.25) is 0 Å². The molecule has 3 amide bonds. The molecule has 6 bridgehead atoms. The Labute approximate surface area is 372 Å². The maximum absolute atomic E-state index is 14.6. The van der Waals surface area contributed by atoms with Crippen LogP contribution in [0.3, 0.4) is 0 Å². The average Bonchev–Trinajstić information content (AvgIpc) is 4.03. The number of likely N-dealkylation sites (N-methyl/N-ethyl adjacent to an activating group) is 1. The molecule has 0 aliphatic carbocycles. The molecule has 7 rings (SSSR count). The lowest BCUT2D eigenvalue weighted by Crippen LogP contribution is -2.62. The van der Waals surface area contributed by atoms with Gasteiger partial charge in [0.1, 0.15) is 17.0 Å². The van der Waals surface area contributed by atoms with Gasteiger partial charge in [-0.1, -0.05) is 40.3 Å². The number of ether oxygens (including phenoxy) is 2. The molecule has 0 saturated carbocycles. The number of hydrogen-bond donors (Lipinski definition) is 2. The summed E-state index contributed by atoms with van der Waals surface area (Å²) in [5.74, 6) is -1.98. The number of thiazole rings is 1. The van der Waals surface area contributed by atoms with E-state index in [1.807, 2.05) is 25.3 Å². The second-order valence-electron chi connectivity index (χ2n) is 17.9. The van der Waals surface area contributed by atoms with Crippen LogP contribution in [0.5, 0.6) is 0 Å². The van der Waals surface area contributed by atoms with E-state index in [0.29, 0.717) is 56.9 Å². The van der Waals surface area contributed by atoms with Crippen molar-refractivity contribution < 1.29 is 33.5 Å². The van der Waals surface area contributed by atoms with Gasteiger partial charge in [0.05, 0.1) is 53.8 Å². The number of hydrogen-bond acceptors (Lipinski definition) is 11. The lowest BCUT2D eigenvalue weighted by atomic mass is 9.84. The van der Waals surface area contributed by atoms with Crippen molar-refractivity contribution in [1.29, 1.82) is 0 Å². The minimum Gasteiger partial charge on any atom is -0.464 e. The molecule has 3 aliphatic heterocycles. The van der Waals surface area contributed by atoms with Gasteiger partial charge in [-0.2, -0.15) is 0 Å². The Morgan fingerprint density at radius 2 is 2.00 bits per heavy atom.